The summed E-state index contributed by atoms with van der Waals surface area (Å²) >= 11 is 27.8. The van der Waals surface area contributed by atoms with Crippen molar-refractivity contribution in [2.45, 2.75) is 5.38 Å². The van der Waals surface area contributed by atoms with E-state index in [-0.39, 0.29) is 5.38 Å². The molecule has 1 atom stereocenters. The van der Waals surface area contributed by atoms with Crippen molar-refractivity contribution in [1.29, 1.82) is 0 Å². The van der Waals surface area contributed by atoms with Gasteiger partial charge in [-0.15, -0.1) is 11.6 Å². The Labute approximate surface area is 134 Å². The van der Waals surface area contributed by atoms with Gasteiger partial charge in [-0.05, 0) is 35.4 Å². The molecule has 2 aromatic rings. The van der Waals surface area contributed by atoms with Gasteiger partial charge in [-0.3, -0.25) is 0 Å². The molecule has 0 radical (unpaired) electrons. The lowest BCUT2D eigenvalue weighted by molar-refractivity contribution is 1.14. The zero-order chi connectivity index (χ0) is 13.3. The van der Waals surface area contributed by atoms with Gasteiger partial charge in [0.1, 0.15) is 0 Å². The Kier molecular flexibility index (Phi) is 4.85. The maximum absolute atomic E-state index is 6.41. The summed E-state index contributed by atoms with van der Waals surface area (Å²) in [6.45, 7) is 0. The Bertz CT molecular complexity index is 583. The fourth-order valence-electron chi connectivity index (χ4n) is 1.56. The number of hydrogen-bond donors (Lipinski definition) is 0. The molecular formula is C13H7BrCl4. The van der Waals surface area contributed by atoms with E-state index in [1.165, 1.54) is 0 Å². The zero-order valence-electron chi connectivity index (χ0n) is 8.93. The summed E-state index contributed by atoms with van der Waals surface area (Å²) < 4.78 is 0.911. The van der Waals surface area contributed by atoms with Crippen LogP contribution >= 0.6 is 62.3 Å². The number of benzene rings is 2. The largest absolute Gasteiger partial charge is 0.113 e. The molecule has 5 heteroatoms. The van der Waals surface area contributed by atoms with E-state index >= 15 is 0 Å². The average Bonchev–Trinajstić information content (AvgIpc) is 2.32. The van der Waals surface area contributed by atoms with Crippen LogP contribution in [0.3, 0.4) is 0 Å². The third kappa shape index (κ3) is 3.15. The molecule has 2 rings (SSSR count). The van der Waals surface area contributed by atoms with Gasteiger partial charge in [0, 0.05) is 9.50 Å². The van der Waals surface area contributed by atoms with Crippen LogP contribution in [-0.4, -0.2) is 0 Å². The third-order valence-electron chi connectivity index (χ3n) is 2.47. The fourth-order valence-corrected chi connectivity index (χ4v) is 3.03. The molecule has 0 spiro atoms. The van der Waals surface area contributed by atoms with E-state index in [2.05, 4.69) is 15.9 Å². The van der Waals surface area contributed by atoms with Gasteiger partial charge in [-0.1, -0.05) is 62.9 Å². The molecule has 0 nitrogen and oxygen atoms in total. The maximum atomic E-state index is 6.41. The summed E-state index contributed by atoms with van der Waals surface area (Å²) in [6.07, 6.45) is 0. The summed E-state index contributed by atoms with van der Waals surface area (Å²) in [7, 11) is 0. The molecule has 0 saturated heterocycles. The second-order valence-electron chi connectivity index (χ2n) is 3.70. The van der Waals surface area contributed by atoms with Crippen LogP contribution in [0.1, 0.15) is 16.5 Å². The van der Waals surface area contributed by atoms with E-state index in [1.807, 2.05) is 24.3 Å². The Hall–Kier alpha value is 0.0800. The van der Waals surface area contributed by atoms with Crippen molar-refractivity contribution in [1.82, 2.24) is 0 Å². The smallest absolute Gasteiger partial charge is 0.0850 e. The Balaban J connectivity index is 2.41. The first-order valence-electron chi connectivity index (χ1n) is 5.03. The molecule has 1 unspecified atom stereocenters. The van der Waals surface area contributed by atoms with Crippen LogP contribution in [-0.2, 0) is 0 Å². The number of halogens is 5. The summed E-state index contributed by atoms with van der Waals surface area (Å²) in [5.74, 6) is 0. The first-order valence-corrected chi connectivity index (χ1v) is 7.39. The van der Waals surface area contributed by atoms with Crippen molar-refractivity contribution in [2.75, 3.05) is 0 Å². The summed E-state index contributed by atoms with van der Waals surface area (Å²) in [5.41, 5.74) is 1.69. The summed E-state index contributed by atoms with van der Waals surface area (Å²) in [5, 5.41) is 1.23. The van der Waals surface area contributed by atoms with E-state index in [1.54, 1.807) is 12.1 Å². The van der Waals surface area contributed by atoms with Crippen LogP contribution in [0, 0.1) is 0 Å². The summed E-state index contributed by atoms with van der Waals surface area (Å²) in [6, 6.07) is 10.9. The molecule has 0 heterocycles. The minimum absolute atomic E-state index is 0.361. The number of alkyl halides is 1. The quantitative estimate of drug-likeness (QED) is 0.503. The van der Waals surface area contributed by atoms with Gasteiger partial charge in [-0.2, -0.15) is 0 Å². The monoisotopic (exact) mass is 382 g/mol. The minimum Gasteiger partial charge on any atom is -0.113 e. The third-order valence-corrected chi connectivity index (χ3v) is 4.52. The minimum atomic E-state index is -0.361. The highest BCUT2D eigenvalue weighted by Gasteiger charge is 2.15. The molecule has 0 fully saturated rings. The van der Waals surface area contributed by atoms with Crippen molar-refractivity contribution in [2.24, 2.45) is 0 Å². The highest BCUT2D eigenvalue weighted by Crippen LogP contribution is 2.37. The second kappa shape index (κ2) is 6.02. The topological polar surface area (TPSA) is 0 Å². The predicted molar refractivity (Wildman–Crippen MR) is 83.3 cm³/mol. The molecule has 0 aliphatic heterocycles. The Morgan fingerprint density at radius 1 is 0.833 bits per heavy atom. The van der Waals surface area contributed by atoms with Crippen LogP contribution in [0.5, 0.6) is 0 Å². The lowest BCUT2D eigenvalue weighted by Gasteiger charge is -2.13. The first-order chi connectivity index (χ1) is 8.49. The molecule has 0 saturated carbocycles. The summed E-state index contributed by atoms with van der Waals surface area (Å²) in [4.78, 5) is 0. The van der Waals surface area contributed by atoms with Crippen molar-refractivity contribution in [3.63, 3.8) is 0 Å². The molecule has 0 aliphatic rings. The van der Waals surface area contributed by atoms with Crippen LogP contribution in [0.15, 0.2) is 40.9 Å². The molecule has 94 valence electrons. The fraction of sp³-hybridized carbons (Fsp3) is 0.0769. The molecule has 0 N–H and O–H groups in total. The molecule has 2 aromatic carbocycles. The van der Waals surface area contributed by atoms with Gasteiger partial charge in [0.05, 0.1) is 15.4 Å². The molecule has 18 heavy (non-hydrogen) atoms. The standard InChI is InChI=1S/C13H7BrCl4/c14-8-2-3-9(11(16)6-8)13(18)7-1-4-10(15)12(17)5-7/h1-6,13H. The molecule has 0 aliphatic carbocycles. The van der Waals surface area contributed by atoms with Crippen molar-refractivity contribution >= 4 is 62.3 Å². The predicted octanol–water partition coefficient (Wildman–Crippen LogP) is 6.74. The zero-order valence-corrected chi connectivity index (χ0v) is 13.5. The normalized spacial score (nSPS) is 12.5. The highest BCUT2D eigenvalue weighted by atomic mass is 79.9. The van der Waals surface area contributed by atoms with Crippen molar-refractivity contribution in [3.8, 4) is 0 Å². The lowest BCUT2D eigenvalue weighted by atomic mass is 10.0. The first kappa shape index (κ1) is 14.5. The van der Waals surface area contributed by atoms with Crippen LogP contribution in [0.2, 0.25) is 15.1 Å². The van der Waals surface area contributed by atoms with Crippen LogP contribution in [0.4, 0.5) is 0 Å². The van der Waals surface area contributed by atoms with Crippen LogP contribution in [0.25, 0.3) is 0 Å². The van der Waals surface area contributed by atoms with Gasteiger partial charge < -0.3 is 0 Å². The van der Waals surface area contributed by atoms with Gasteiger partial charge in [0.15, 0.2) is 0 Å². The molecular weight excluding hydrogens is 378 g/mol. The Morgan fingerprint density at radius 3 is 2.17 bits per heavy atom. The molecule has 0 bridgehead atoms. The van der Waals surface area contributed by atoms with Gasteiger partial charge >= 0.3 is 0 Å². The van der Waals surface area contributed by atoms with Gasteiger partial charge in [0.25, 0.3) is 0 Å². The molecule has 0 aromatic heterocycles. The van der Waals surface area contributed by atoms with E-state index in [0.717, 1.165) is 15.6 Å². The van der Waals surface area contributed by atoms with Crippen LogP contribution < -0.4 is 0 Å². The van der Waals surface area contributed by atoms with Crippen molar-refractivity contribution < 1.29 is 0 Å². The maximum Gasteiger partial charge on any atom is 0.0850 e. The van der Waals surface area contributed by atoms with Crippen molar-refractivity contribution in [3.05, 3.63) is 67.1 Å². The van der Waals surface area contributed by atoms with E-state index in [4.69, 9.17) is 46.4 Å². The van der Waals surface area contributed by atoms with Gasteiger partial charge in [0.2, 0.25) is 0 Å². The number of hydrogen-bond acceptors (Lipinski definition) is 0. The average molecular weight is 385 g/mol. The lowest BCUT2D eigenvalue weighted by Crippen LogP contribution is -1.94. The van der Waals surface area contributed by atoms with E-state index in [9.17, 15) is 0 Å². The van der Waals surface area contributed by atoms with Gasteiger partial charge in [-0.25, -0.2) is 0 Å². The second-order valence-corrected chi connectivity index (χ2v) is 6.28. The molecule has 0 amide bonds. The van der Waals surface area contributed by atoms with E-state index in [0.29, 0.717) is 15.1 Å². The Morgan fingerprint density at radius 2 is 1.56 bits per heavy atom. The SMILES string of the molecule is Clc1ccc(C(Cl)c2ccc(Br)cc2Cl)cc1Cl. The number of rotatable bonds is 2. The van der Waals surface area contributed by atoms with E-state index < -0.39 is 0 Å². The highest BCUT2D eigenvalue weighted by molar-refractivity contribution is 9.10.